The lowest BCUT2D eigenvalue weighted by Gasteiger charge is -2.31. The topological polar surface area (TPSA) is 35.5 Å². The second-order valence-corrected chi connectivity index (χ2v) is 6.64. The molecule has 0 aromatic carbocycles. The van der Waals surface area contributed by atoms with Gasteiger partial charge in [0.05, 0.1) is 12.5 Å². The Kier molecular flexibility index (Phi) is 6.13. The van der Waals surface area contributed by atoms with Crippen molar-refractivity contribution in [3.63, 3.8) is 0 Å². The number of carbonyl (C=O) groups is 1. The first-order chi connectivity index (χ1) is 8.42. The van der Waals surface area contributed by atoms with Crippen molar-refractivity contribution in [1.82, 2.24) is 0 Å². The van der Waals surface area contributed by atoms with Gasteiger partial charge in [-0.25, -0.2) is 0 Å². The Bertz CT molecular complexity index is 247. The highest BCUT2D eigenvalue weighted by Crippen LogP contribution is 2.36. The van der Waals surface area contributed by atoms with E-state index in [4.69, 9.17) is 9.47 Å². The zero-order valence-electron chi connectivity index (χ0n) is 12.3. The molecule has 0 heterocycles. The molecule has 18 heavy (non-hydrogen) atoms. The standard InChI is InChI=1S/C15H28O3/c1-15(2,3)11-12-5-7-13(8-6-12)14(16)18-10-9-17-4/h12-13H,5-11H2,1-4H3. The molecule has 3 heteroatoms. The lowest BCUT2D eigenvalue weighted by Crippen LogP contribution is -2.26. The molecule has 1 saturated carbocycles. The molecule has 0 radical (unpaired) electrons. The van der Waals surface area contributed by atoms with Gasteiger partial charge in [0.1, 0.15) is 6.61 Å². The summed E-state index contributed by atoms with van der Waals surface area (Å²) < 4.78 is 10.1. The average molecular weight is 256 g/mol. The first-order valence-corrected chi connectivity index (χ1v) is 7.08. The molecule has 1 rings (SSSR count). The molecule has 0 amide bonds. The Morgan fingerprint density at radius 1 is 1.11 bits per heavy atom. The van der Waals surface area contributed by atoms with Crippen LogP contribution in [-0.2, 0) is 14.3 Å². The van der Waals surface area contributed by atoms with Gasteiger partial charge in [0.25, 0.3) is 0 Å². The van der Waals surface area contributed by atoms with Crippen molar-refractivity contribution in [2.24, 2.45) is 17.3 Å². The minimum atomic E-state index is -0.0266. The zero-order valence-corrected chi connectivity index (χ0v) is 12.3. The fourth-order valence-corrected chi connectivity index (χ4v) is 2.81. The monoisotopic (exact) mass is 256 g/mol. The van der Waals surface area contributed by atoms with Crippen molar-refractivity contribution in [3.05, 3.63) is 0 Å². The number of esters is 1. The van der Waals surface area contributed by atoms with Crippen molar-refractivity contribution >= 4 is 5.97 Å². The molecule has 3 nitrogen and oxygen atoms in total. The van der Waals surface area contributed by atoms with E-state index in [-0.39, 0.29) is 11.9 Å². The third-order valence-corrected chi connectivity index (χ3v) is 3.61. The largest absolute Gasteiger partial charge is 0.463 e. The minimum absolute atomic E-state index is 0.0266. The highest BCUT2D eigenvalue weighted by molar-refractivity contribution is 5.72. The van der Waals surface area contributed by atoms with E-state index in [0.29, 0.717) is 18.6 Å². The number of carbonyl (C=O) groups excluding carboxylic acids is 1. The molecule has 1 aliphatic rings. The van der Waals surface area contributed by atoms with E-state index in [0.717, 1.165) is 18.8 Å². The van der Waals surface area contributed by atoms with Crippen molar-refractivity contribution in [2.45, 2.75) is 52.9 Å². The van der Waals surface area contributed by atoms with Crippen LogP contribution in [0.25, 0.3) is 0 Å². The van der Waals surface area contributed by atoms with Gasteiger partial charge in [-0.05, 0) is 43.4 Å². The highest BCUT2D eigenvalue weighted by atomic mass is 16.6. The molecule has 0 saturated heterocycles. The van der Waals surface area contributed by atoms with Gasteiger partial charge >= 0.3 is 5.97 Å². The van der Waals surface area contributed by atoms with Crippen LogP contribution in [0.3, 0.4) is 0 Å². The summed E-state index contributed by atoms with van der Waals surface area (Å²) in [7, 11) is 1.62. The molecule has 106 valence electrons. The maximum Gasteiger partial charge on any atom is 0.309 e. The van der Waals surface area contributed by atoms with Crippen LogP contribution in [0.4, 0.5) is 0 Å². The number of rotatable bonds is 5. The summed E-state index contributed by atoms with van der Waals surface area (Å²) in [6.45, 7) is 7.75. The van der Waals surface area contributed by atoms with Crippen molar-refractivity contribution in [1.29, 1.82) is 0 Å². The Balaban J connectivity index is 2.24. The first-order valence-electron chi connectivity index (χ1n) is 7.08. The van der Waals surface area contributed by atoms with Crippen molar-refractivity contribution in [3.8, 4) is 0 Å². The zero-order chi connectivity index (χ0) is 13.6. The average Bonchev–Trinajstić information content (AvgIpc) is 2.28. The van der Waals surface area contributed by atoms with E-state index in [9.17, 15) is 4.79 Å². The predicted molar refractivity (Wildman–Crippen MR) is 72.4 cm³/mol. The first kappa shape index (κ1) is 15.5. The van der Waals surface area contributed by atoms with E-state index in [2.05, 4.69) is 20.8 Å². The van der Waals surface area contributed by atoms with Gasteiger partial charge in [-0.3, -0.25) is 4.79 Å². The van der Waals surface area contributed by atoms with Gasteiger partial charge < -0.3 is 9.47 Å². The smallest absolute Gasteiger partial charge is 0.309 e. The summed E-state index contributed by atoms with van der Waals surface area (Å²) in [5.41, 5.74) is 0.399. The van der Waals surface area contributed by atoms with Crippen LogP contribution in [0.15, 0.2) is 0 Å². The van der Waals surface area contributed by atoms with Crippen LogP contribution >= 0.6 is 0 Å². The van der Waals surface area contributed by atoms with Gasteiger partial charge in [-0.15, -0.1) is 0 Å². The molecular formula is C15H28O3. The molecule has 0 aliphatic heterocycles. The summed E-state index contributed by atoms with van der Waals surface area (Å²) in [5.74, 6) is 0.882. The number of hydrogen-bond acceptors (Lipinski definition) is 3. The molecule has 0 unspecified atom stereocenters. The second-order valence-electron chi connectivity index (χ2n) is 6.64. The normalized spacial score (nSPS) is 24.9. The molecule has 0 aromatic heterocycles. The quantitative estimate of drug-likeness (QED) is 0.558. The molecule has 0 bridgehead atoms. The molecular weight excluding hydrogens is 228 g/mol. The van der Waals surface area contributed by atoms with E-state index in [1.54, 1.807) is 7.11 Å². The van der Waals surface area contributed by atoms with Crippen LogP contribution in [0.5, 0.6) is 0 Å². The van der Waals surface area contributed by atoms with E-state index in [1.807, 2.05) is 0 Å². The Hall–Kier alpha value is -0.570. The molecule has 1 aliphatic carbocycles. The van der Waals surface area contributed by atoms with Crippen LogP contribution in [0.1, 0.15) is 52.9 Å². The fraction of sp³-hybridized carbons (Fsp3) is 0.933. The van der Waals surface area contributed by atoms with Gasteiger partial charge in [0.15, 0.2) is 0 Å². The van der Waals surface area contributed by atoms with Gasteiger partial charge in [-0.2, -0.15) is 0 Å². The van der Waals surface area contributed by atoms with E-state index >= 15 is 0 Å². The summed E-state index contributed by atoms with van der Waals surface area (Å²) in [5, 5.41) is 0. The molecule has 0 aromatic rings. The molecule has 0 N–H and O–H groups in total. The predicted octanol–water partition coefficient (Wildman–Crippen LogP) is 3.42. The summed E-state index contributed by atoms with van der Waals surface area (Å²) in [6, 6.07) is 0. The van der Waals surface area contributed by atoms with Crippen LogP contribution in [-0.4, -0.2) is 26.3 Å². The summed E-state index contributed by atoms with van der Waals surface area (Å²) in [6.07, 6.45) is 5.58. The van der Waals surface area contributed by atoms with Crippen molar-refractivity contribution in [2.75, 3.05) is 20.3 Å². The minimum Gasteiger partial charge on any atom is -0.463 e. The molecule has 1 fully saturated rings. The maximum atomic E-state index is 11.8. The number of hydrogen-bond donors (Lipinski definition) is 0. The Labute approximate surface area is 111 Å². The Morgan fingerprint density at radius 2 is 1.72 bits per heavy atom. The summed E-state index contributed by atoms with van der Waals surface area (Å²) in [4.78, 5) is 11.8. The van der Waals surface area contributed by atoms with Crippen LogP contribution in [0.2, 0.25) is 0 Å². The van der Waals surface area contributed by atoms with Gasteiger partial charge in [-0.1, -0.05) is 20.8 Å². The SMILES string of the molecule is COCCOC(=O)C1CCC(CC(C)(C)C)CC1. The second kappa shape index (κ2) is 7.13. The molecule has 0 atom stereocenters. The third-order valence-electron chi connectivity index (χ3n) is 3.61. The maximum absolute atomic E-state index is 11.8. The lowest BCUT2D eigenvalue weighted by molar-refractivity contribution is -0.151. The Morgan fingerprint density at radius 3 is 2.22 bits per heavy atom. The number of ether oxygens (including phenoxy) is 2. The third kappa shape index (κ3) is 5.85. The van der Waals surface area contributed by atoms with Gasteiger partial charge in [0, 0.05) is 7.11 Å². The van der Waals surface area contributed by atoms with Crippen LogP contribution in [0, 0.1) is 17.3 Å². The van der Waals surface area contributed by atoms with Gasteiger partial charge in [0.2, 0.25) is 0 Å². The van der Waals surface area contributed by atoms with Crippen LogP contribution < -0.4 is 0 Å². The molecule has 0 spiro atoms. The van der Waals surface area contributed by atoms with E-state index < -0.39 is 0 Å². The van der Waals surface area contributed by atoms with E-state index in [1.165, 1.54) is 19.3 Å². The number of methoxy groups -OCH3 is 1. The highest BCUT2D eigenvalue weighted by Gasteiger charge is 2.29. The fourth-order valence-electron chi connectivity index (χ4n) is 2.81. The van der Waals surface area contributed by atoms with Crippen molar-refractivity contribution < 1.29 is 14.3 Å². The lowest BCUT2D eigenvalue weighted by atomic mass is 9.74. The summed E-state index contributed by atoms with van der Waals surface area (Å²) >= 11 is 0.